The van der Waals surface area contributed by atoms with Gasteiger partial charge in [-0.3, -0.25) is 14.9 Å². The first kappa shape index (κ1) is 15.5. The third-order valence-corrected chi connectivity index (χ3v) is 3.41. The molecule has 1 rings (SSSR count). The summed E-state index contributed by atoms with van der Waals surface area (Å²) in [6, 6.07) is 5.74. The highest BCUT2D eigenvalue weighted by Gasteiger charge is 2.14. The van der Waals surface area contributed by atoms with Gasteiger partial charge in [0.05, 0.1) is 11.5 Å². The van der Waals surface area contributed by atoms with Crippen LogP contribution in [-0.4, -0.2) is 29.3 Å². The number of benzene rings is 1. The summed E-state index contributed by atoms with van der Waals surface area (Å²) >= 11 is 1.44. The second kappa shape index (κ2) is 7.75. The van der Waals surface area contributed by atoms with Crippen molar-refractivity contribution in [1.82, 2.24) is 0 Å². The zero-order valence-electron chi connectivity index (χ0n) is 10.6. The molecule has 0 spiro atoms. The Bertz CT molecular complexity index is 453. The molecule has 0 aliphatic heterocycles. The zero-order chi connectivity index (χ0) is 14.3. The van der Waals surface area contributed by atoms with E-state index < -0.39 is 16.9 Å². The minimum Gasteiger partial charge on any atom is -0.465 e. The third kappa shape index (κ3) is 5.27. The summed E-state index contributed by atoms with van der Waals surface area (Å²) in [5.41, 5.74) is 6.53. The Hall–Kier alpha value is -1.60. The molecule has 1 aromatic carbocycles. The van der Waals surface area contributed by atoms with Gasteiger partial charge in [-0.2, -0.15) is 11.8 Å². The van der Waals surface area contributed by atoms with E-state index in [2.05, 4.69) is 0 Å². The minimum atomic E-state index is -0.663. The fourth-order valence-corrected chi connectivity index (χ4v) is 2.30. The molecule has 6 nitrogen and oxygen atoms in total. The third-order valence-electron chi connectivity index (χ3n) is 2.28. The zero-order valence-corrected chi connectivity index (χ0v) is 11.4. The van der Waals surface area contributed by atoms with E-state index in [1.807, 2.05) is 0 Å². The summed E-state index contributed by atoms with van der Waals surface area (Å²) in [6.07, 6.45) is 0. The van der Waals surface area contributed by atoms with Crippen LogP contribution in [0.2, 0.25) is 0 Å². The predicted molar refractivity (Wildman–Crippen MR) is 73.9 cm³/mol. The van der Waals surface area contributed by atoms with Crippen molar-refractivity contribution in [2.75, 3.05) is 12.4 Å². The lowest BCUT2D eigenvalue weighted by Gasteiger charge is -2.09. The average molecular weight is 284 g/mol. The Morgan fingerprint density at radius 3 is 2.95 bits per heavy atom. The van der Waals surface area contributed by atoms with E-state index in [1.165, 1.54) is 23.9 Å². The molecular formula is C12H16N2O4S. The van der Waals surface area contributed by atoms with Crippen molar-refractivity contribution in [3.05, 3.63) is 39.9 Å². The van der Waals surface area contributed by atoms with Gasteiger partial charge in [-0.1, -0.05) is 12.1 Å². The van der Waals surface area contributed by atoms with Crippen LogP contribution in [0.25, 0.3) is 0 Å². The van der Waals surface area contributed by atoms with E-state index in [-0.39, 0.29) is 5.69 Å². The SMILES string of the molecule is CCOC(=O)C(N)CSCc1cccc([N+](=O)[O-])c1. The van der Waals surface area contributed by atoms with Crippen molar-refractivity contribution >= 4 is 23.4 Å². The molecule has 1 aromatic rings. The lowest BCUT2D eigenvalue weighted by Crippen LogP contribution is -2.34. The first-order valence-electron chi connectivity index (χ1n) is 5.78. The van der Waals surface area contributed by atoms with Crippen LogP contribution in [-0.2, 0) is 15.3 Å². The average Bonchev–Trinajstić information content (AvgIpc) is 2.39. The maximum Gasteiger partial charge on any atom is 0.323 e. The summed E-state index contributed by atoms with van der Waals surface area (Å²) in [5, 5.41) is 10.6. The normalized spacial score (nSPS) is 11.9. The van der Waals surface area contributed by atoms with Crippen molar-refractivity contribution in [2.45, 2.75) is 18.7 Å². The fraction of sp³-hybridized carbons (Fsp3) is 0.417. The van der Waals surface area contributed by atoms with Gasteiger partial charge >= 0.3 is 5.97 Å². The van der Waals surface area contributed by atoms with Gasteiger partial charge in [0, 0.05) is 23.6 Å². The number of nitro groups is 1. The molecule has 0 bridgehead atoms. The molecule has 0 amide bonds. The van der Waals surface area contributed by atoms with Crippen molar-refractivity contribution in [3.8, 4) is 0 Å². The van der Waals surface area contributed by atoms with Crippen molar-refractivity contribution < 1.29 is 14.5 Å². The van der Waals surface area contributed by atoms with Gasteiger partial charge < -0.3 is 10.5 Å². The number of carbonyl (C=O) groups is 1. The van der Waals surface area contributed by atoms with E-state index in [4.69, 9.17) is 10.5 Å². The highest BCUT2D eigenvalue weighted by molar-refractivity contribution is 7.98. The van der Waals surface area contributed by atoms with Crippen molar-refractivity contribution in [2.24, 2.45) is 5.73 Å². The van der Waals surface area contributed by atoms with Crippen LogP contribution in [0.1, 0.15) is 12.5 Å². The Balaban J connectivity index is 2.43. The van der Waals surface area contributed by atoms with Gasteiger partial charge in [0.25, 0.3) is 5.69 Å². The maximum absolute atomic E-state index is 11.3. The number of hydrogen-bond donors (Lipinski definition) is 1. The number of hydrogen-bond acceptors (Lipinski definition) is 6. The molecule has 0 aliphatic rings. The molecule has 1 unspecified atom stereocenters. The smallest absolute Gasteiger partial charge is 0.323 e. The first-order chi connectivity index (χ1) is 9.04. The van der Waals surface area contributed by atoms with Gasteiger partial charge in [-0.25, -0.2) is 0 Å². The Morgan fingerprint density at radius 1 is 1.58 bits per heavy atom. The minimum absolute atomic E-state index is 0.0628. The second-order valence-corrected chi connectivity index (χ2v) is 4.83. The standard InChI is InChI=1S/C12H16N2O4S/c1-2-18-12(15)11(13)8-19-7-9-4-3-5-10(6-9)14(16)17/h3-6,11H,2,7-8,13H2,1H3. The van der Waals surface area contributed by atoms with Gasteiger partial charge in [0.1, 0.15) is 6.04 Å². The molecule has 2 N–H and O–H groups in total. The number of rotatable bonds is 7. The lowest BCUT2D eigenvalue weighted by molar-refractivity contribution is -0.384. The summed E-state index contributed by atoms with van der Waals surface area (Å²) in [5.74, 6) is 0.560. The van der Waals surface area contributed by atoms with Gasteiger partial charge in [-0.15, -0.1) is 0 Å². The highest BCUT2D eigenvalue weighted by atomic mass is 32.2. The molecule has 1 atom stereocenters. The van der Waals surface area contributed by atoms with Crippen LogP contribution in [0.5, 0.6) is 0 Å². The summed E-state index contributed by atoms with van der Waals surface area (Å²) < 4.78 is 4.79. The fourth-order valence-electron chi connectivity index (χ4n) is 1.38. The molecular weight excluding hydrogens is 268 g/mol. The van der Waals surface area contributed by atoms with Crippen LogP contribution >= 0.6 is 11.8 Å². The lowest BCUT2D eigenvalue weighted by atomic mass is 10.2. The maximum atomic E-state index is 11.3. The van der Waals surface area contributed by atoms with Crippen molar-refractivity contribution in [1.29, 1.82) is 0 Å². The summed E-state index contributed by atoms with van der Waals surface area (Å²) in [4.78, 5) is 21.5. The van der Waals surface area contributed by atoms with Crippen LogP contribution in [0.15, 0.2) is 24.3 Å². The molecule has 0 fully saturated rings. The Labute approximate surface area is 115 Å². The molecule has 0 saturated heterocycles. The van der Waals surface area contributed by atoms with E-state index in [0.717, 1.165) is 5.56 Å². The molecule has 0 heterocycles. The largest absolute Gasteiger partial charge is 0.465 e. The van der Waals surface area contributed by atoms with E-state index in [9.17, 15) is 14.9 Å². The van der Waals surface area contributed by atoms with Gasteiger partial charge in [0.2, 0.25) is 0 Å². The highest BCUT2D eigenvalue weighted by Crippen LogP contribution is 2.18. The van der Waals surface area contributed by atoms with E-state index in [0.29, 0.717) is 18.1 Å². The molecule has 19 heavy (non-hydrogen) atoms. The van der Waals surface area contributed by atoms with Gasteiger partial charge in [0.15, 0.2) is 0 Å². The summed E-state index contributed by atoms with van der Waals surface area (Å²) in [7, 11) is 0. The molecule has 104 valence electrons. The number of nitro benzene ring substituents is 1. The number of nitrogens with two attached hydrogens (primary N) is 1. The number of esters is 1. The van der Waals surface area contributed by atoms with E-state index >= 15 is 0 Å². The number of ether oxygens (including phenoxy) is 1. The Kier molecular flexibility index (Phi) is 6.31. The van der Waals surface area contributed by atoms with Crippen molar-refractivity contribution in [3.63, 3.8) is 0 Å². The second-order valence-electron chi connectivity index (χ2n) is 3.80. The molecule has 0 radical (unpaired) electrons. The quantitative estimate of drug-likeness (QED) is 0.465. The number of carbonyl (C=O) groups excluding carboxylic acids is 1. The topological polar surface area (TPSA) is 95.5 Å². The molecule has 0 aromatic heterocycles. The van der Waals surface area contributed by atoms with Gasteiger partial charge in [-0.05, 0) is 12.5 Å². The van der Waals surface area contributed by atoms with Crippen LogP contribution in [0.4, 0.5) is 5.69 Å². The van der Waals surface area contributed by atoms with Crippen LogP contribution in [0.3, 0.4) is 0 Å². The number of thioether (sulfide) groups is 1. The number of nitrogens with zero attached hydrogens (tertiary/aromatic N) is 1. The molecule has 0 aliphatic carbocycles. The Morgan fingerprint density at radius 2 is 2.32 bits per heavy atom. The van der Waals surface area contributed by atoms with Crippen LogP contribution in [0, 0.1) is 10.1 Å². The monoisotopic (exact) mass is 284 g/mol. The number of non-ortho nitro benzene ring substituents is 1. The van der Waals surface area contributed by atoms with Crippen LogP contribution < -0.4 is 5.73 Å². The van der Waals surface area contributed by atoms with E-state index in [1.54, 1.807) is 19.1 Å². The molecule has 0 saturated carbocycles. The predicted octanol–water partition coefficient (Wildman–Crippen LogP) is 1.72. The first-order valence-corrected chi connectivity index (χ1v) is 6.93. The summed E-state index contributed by atoms with van der Waals surface area (Å²) in [6.45, 7) is 2.03. The molecule has 7 heteroatoms.